The number of hydrogen-bond donors (Lipinski definition) is 1. The summed E-state index contributed by atoms with van der Waals surface area (Å²) in [6.07, 6.45) is 0.513. The van der Waals surface area contributed by atoms with Crippen LogP contribution in [0.4, 0.5) is 14.5 Å². The van der Waals surface area contributed by atoms with E-state index >= 15 is 0 Å². The van der Waals surface area contributed by atoms with Gasteiger partial charge in [0.1, 0.15) is 0 Å². The molecule has 41 heavy (non-hydrogen) atoms. The molecule has 3 aromatic carbocycles. The quantitative estimate of drug-likeness (QED) is 0.308. The first-order chi connectivity index (χ1) is 19.4. The fourth-order valence-electron chi connectivity index (χ4n) is 6.18. The monoisotopic (exact) mass is 583 g/mol. The Labute approximate surface area is 245 Å². The average Bonchev–Trinajstić information content (AvgIpc) is 2.92. The Morgan fingerprint density at radius 2 is 1.76 bits per heavy atom. The third-order valence-electron chi connectivity index (χ3n) is 8.30. The van der Waals surface area contributed by atoms with Gasteiger partial charge in [0.15, 0.2) is 11.5 Å². The van der Waals surface area contributed by atoms with E-state index < -0.39 is 23.5 Å². The second kappa shape index (κ2) is 11.3. The first-order valence-electron chi connectivity index (χ1n) is 14.1. The van der Waals surface area contributed by atoms with E-state index in [1.165, 1.54) is 0 Å². The van der Waals surface area contributed by atoms with Gasteiger partial charge < -0.3 is 19.5 Å². The van der Waals surface area contributed by atoms with Gasteiger partial charge in [-0.15, -0.1) is 0 Å². The molecule has 2 aliphatic rings. The second-order valence-corrected chi connectivity index (χ2v) is 12.0. The number of alkyl halides is 2. The largest absolute Gasteiger partial charge is 0.493 e. The number of methoxy groups -OCH3 is 1. The topological polar surface area (TPSA) is 59.0 Å². The summed E-state index contributed by atoms with van der Waals surface area (Å²) in [5, 5.41) is 12.0. The molecule has 1 heterocycles. The predicted octanol–water partition coefficient (Wildman–Crippen LogP) is 7.85. The van der Waals surface area contributed by atoms with Crippen LogP contribution in [0, 0.1) is 5.92 Å². The number of anilines is 1. The molecule has 0 aromatic heterocycles. The molecule has 0 radical (unpaired) electrons. The molecule has 2 unspecified atom stereocenters. The van der Waals surface area contributed by atoms with Gasteiger partial charge >= 0.3 is 0 Å². The zero-order valence-electron chi connectivity index (χ0n) is 23.8. The third-order valence-corrected chi connectivity index (χ3v) is 8.55. The molecule has 218 valence electrons. The van der Waals surface area contributed by atoms with Crippen molar-refractivity contribution < 1.29 is 28.2 Å². The van der Waals surface area contributed by atoms with E-state index in [0.717, 1.165) is 16.7 Å². The van der Waals surface area contributed by atoms with Crippen molar-refractivity contribution in [2.45, 2.75) is 76.5 Å². The molecule has 1 saturated carbocycles. The average molecular weight is 584 g/mol. The molecule has 5 rings (SSSR count). The predicted molar refractivity (Wildman–Crippen MR) is 156 cm³/mol. The molecule has 3 aromatic rings. The zero-order valence-corrected chi connectivity index (χ0v) is 24.6. The van der Waals surface area contributed by atoms with E-state index in [1.54, 1.807) is 55.3 Å². The number of benzene rings is 3. The zero-order chi connectivity index (χ0) is 29.5. The standard InChI is InChI=1S/C33H36ClF2NO4/c1-20(2)41-29-18-27-22(16-28(29)40-4)17-30(38)37(31(27)21-7-11-25(34)12-8-21)26-13-9-23(10-14-26)32(3,39)24-6-5-15-33(35,36)19-24/h7-14,16,18,20,24,31,39H,5-6,15,17,19H2,1-4H3/t24?,31-,32?/m0/s1. The summed E-state index contributed by atoms with van der Waals surface area (Å²) in [7, 11) is 1.58. The molecule has 1 aliphatic carbocycles. The first kappa shape index (κ1) is 29.3. The van der Waals surface area contributed by atoms with Crippen LogP contribution in [0.1, 0.15) is 74.8 Å². The van der Waals surface area contributed by atoms with E-state index in [1.807, 2.05) is 38.1 Å². The minimum Gasteiger partial charge on any atom is -0.493 e. The minimum absolute atomic E-state index is 0.0818. The third kappa shape index (κ3) is 5.93. The van der Waals surface area contributed by atoms with Gasteiger partial charge in [0.25, 0.3) is 0 Å². The van der Waals surface area contributed by atoms with Gasteiger partial charge in [-0.1, -0.05) is 35.9 Å². The Kier molecular flexibility index (Phi) is 8.05. The van der Waals surface area contributed by atoms with E-state index in [9.17, 15) is 18.7 Å². The maximum Gasteiger partial charge on any atom is 0.248 e. The van der Waals surface area contributed by atoms with Crippen molar-refractivity contribution >= 4 is 23.2 Å². The van der Waals surface area contributed by atoms with Crippen LogP contribution in [0.2, 0.25) is 5.02 Å². The number of fused-ring (bicyclic) bond motifs is 1. The van der Waals surface area contributed by atoms with Crippen LogP contribution in [-0.4, -0.2) is 30.2 Å². The molecule has 5 nitrogen and oxygen atoms in total. The summed E-state index contributed by atoms with van der Waals surface area (Å²) < 4.78 is 40.0. The highest BCUT2D eigenvalue weighted by atomic mass is 35.5. The number of nitrogens with zero attached hydrogens (tertiary/aromatic N) is 1. The summed E-state index contributed by atoms with van der Waals surface area (Å²) in [5.74, 6) is -2.29. The number of ether oxygens (including phenoxy) is 2. The van der Waals surface area contributed by atoms with Gasteiger partial charge in [-0.3, -0.25) is 4.79 Å². The molecule has 1 fully saturated rings. The van der Waals surface area contributed by atoms with Crippen molar-refractivity contribution in [1.82, 2.24) is 0 Å². The Balaban J connectivity index is 1.56. The molecule has 1 N–H and O–H groups in total. The number of hydrogen-bond acceptors (Lipinski definition) is 4. The Hall–Kier alpha value is -3.16. The van der Waals surface area contributed by atoms with Gasteiger partial charge in [0, 0.05) is 23.6 Å². The summed E-state index contributed by atoms with van der Waals surface area (Å²) in [5.41, 5.74) is 2.38. The minimum atomic E-state index is -2.77. The van der Waals surface area contributed by atoms with Crippen LogP contribution in [0.15, 0.2) is 60.7 Å². The van der Waals surface area contributed by atoms with E-state index in [4.69, 9.17) is 21.1 Å². The number of rotatable bonds is 7. The second-order valence-electron chi connectivity index (χ2n) is 11.6. The SMILES string of the molecule is COc1cc2c(cc1OC(C)C)[C@H](c1ccc(Cl)cc1)N(c1ccc(C(C)(O)C3CCCC(F)(F)C3)cc1)C(=O)C2. The molecule has 8 heteroatoms. The van der Waals surface area contributed by atoms with Crippen LogP contribution < -0.4 is 14.4 Å². The van der Waals surface area contributed by atoms with Crippen LogP contribution in [0.25, 0.3) is 0 Å². The van der Waals surface area contributed by atoms with E-state index in [2.05, 4.69) is 0 Å². The fraction of sp³-hybridized carbons (Fsp3) is 0.424. The number of carbonyl (C=O) groups excluding carboxylic acids is 1. The lowest BCUT2D eigenvalue weighted by atomic mass is 9.73. The van der Waals surface area contributed by atoms with Gasteiger partial charge in [-0.2, -0.15) is 0 Å². The van der Waals surface area contributed by atoms with Gasteiger partial charge in [-0.05, 0) is 98.2 Å². The highest BCUT2D eigenvalue weighted by molar-refractivity contribution is 6.30. The molecular formula is C33H36ClF2NO4. The van der Waals surface area contributed by atoms with Crippen LogP contribution in [0.3, 0.4) is 0 Å². The molecule has 0 bridgehead atoms. The van der Waals surface area contributed by atoms with Gasteiger partial charge in [-0.25, -0.2) is 8.78 Å². The molecular weight excluding hydrogens is 548 g/mol. The summed E-state index contributed by atoms with van der Waals surface area (Å²) in [4.78, 5) is 15.5. The Morgan fingerprint density at radius 3 is 2.37 bits per heavy atom. The van der Waals surface area contributed by atoms with Crippen molar-refractivity contribution in [3.8, 4) is 11.5 Å². The highest BCUT2D eigenvalue weighted by Gasteiger charge is 2.44. The van der Waals surface area contributed by atoms with Crippen molar-refractivity contribution in [2.75, 3.05) is 12.0 Å². The van der Waals surface area contributed by atoms with Crippen LogP contribution >= 0.6 is 11.6 Å². The lowest BCUT2D eigenvalue weighted by Gasteiger charge is -2.40. The lowest BCUT2D eigenvalue weighted by molar-refractivity contribution is -0.118. The Morgan fingerprint density at radius 1 is 1.07 bits per heavy atom. The molecule has 0 spiro atoms. The molecule has 3 atom stereocenters. The van der Waals surface area contributed by atoms with E-state index in [0.29, 0.717) is 40.6 Å². The highest BCUT2D eigenvalue weighted by Crippen LogP contribution is 2.47. The summed E-state index contributed by atoms with van der Waals surface area (Å²) >= 11 is 6.21. The smallest absolute Gasteiger partial charge is 0.248 e. The van der Waals surface area contributed by atoms with Crippen molar-refractivity contribution in [1.29, 1.82) is 0 Å². The van der Waals surface area contributed by atoms with Gasteiger partial charge in [0.2, 0.25) is 11.8 Å². The van der Waals surface area contributed by atoms with Crippen molar-refractivity contribution in [2.24, 2.45) is 5.92 Å². The van der Waals surface area contributed by atoms with Crippen molar-refractivity contribution in [3.63, 3.8) is 0 Å². The van der Waals surface area contributed by atoms with Crippen LogP contribution in [-0.2, 0) is 16.8 Å². The maximum atomic E-state index is 14.2. The number of aliphatic hydroxyl groups is 1. The molecule has 1 amide bonds. The lowest BCUT2D eigenvalue weighted by Crippen LogP contribution is -2.41. The molecule has 1 aliphatic heterocycles. The fourth-order valence-corrected chi connectivity index (χ4v) is 6.30. The number of halogens is 3. The maximum absolute atomic E-state index is 14.2. The summed E-state index contributed by atoms with van der Waals surface area (Å²) in [6.45, 7) is 5.49. The summed E-state index contributed by atoms with van der Waals surface area (Å²) in [6, 6.07) is 17.8. The molecule has 0 saturated heterocycles. The number of amides is 1. The van der Waals surface area contributed by atoms with Crippen LogP contribution in [0.5, 0.6) is 11.5 Å². The van der Waals surface area contributed by atoms with E-state index in [-0.39, 0.29) is 31.3 Å². The van der Waals surface area contributed by atoms with Crippen molar-refractivity contribution in [3.05, 3.63) is 87.9 Å². The normalized spacial score (nSPS) is 21.8. The van der Waals surface area contributed by atoms with Gasteiger partial charge in [0.05, 0.1) is 31.3 Å². The number of carbonyl (C=O) groups is 1. The first-order valence-corrected chi connectivity index (χ1v) is 14.4. The Bertz CT molecular complexity index is 1410.